The Hall–Kier alpha value is -4.33. The van der Waals surface area contributed by atoms with Gasteiger partial charge in [0.2, 0.25) is 5.88 Å². The Kier molecular flexibility index (Phi) is 6.31. The molecule has 2 aromatic heterocycles. The summed E-state index contributed by atoms with van der Waals surface area (Å²) in [4.78, 5) is 27.1. The first-order valence-corrected chi connectivity index (χ1v) is 9.91. The highest BCUT2D eigenvalue weighted by Gasteiger charge is 2.15. The molecule has 0 fully saturated rings. The van der Waals surface area contributed by atoms with Crippen LogP contribution in [0.2, 0.25) is 0 Å². The highest BCUT2D eigenvalue weighted by atomic mass is 16.5. The van der Waals surface area contributed by atoms with E-state index in [1.165, 1.54) is 6.39 Å². The Morgan fingerprint density at radius 1 is 0.969 bits per heavy atom. The number of aliphatic carboxylic acids is 1. The summed E-state index contributed by atoms with van der Waals surface area (Å²) < 4.78 is 16.1. The zero-order valence-corrected chi connectivity index (χ0v) is 17.0. The summed E-state index contributed by atoms with van der Waals surface area (Å²) in [5.74, 6) is 0.175. The number of nitrogens with one attached hydrogen (secondary N) is 1. The number of benzene rings is 2. The fourth-order valence-corrected chi connectivity index (χ4v) is 3.15. The van der Waals surface area contributed by atoms with Crippen LogP contribution in [0.1, 0.15) is 11.3 Å². The second-order valence-electron chi connectivity index (χ2n) is 6.94. The first kappa shape index (κ1) is 20.9. The fraction of sp³-hybridized carbons (Fsp3) is 0.125. The number of anilines is 1. The number of ether oxygens (including phenoxy) is 1. The lowest BCUT2D eigenvalue weighted by Gasteiger charge is -2.07. The number of aromatic nitrogens is 1. The summed E-state index contributed by atoms with van der Waals surface area (Å²) in [6, 6.07) is 20.3. The van der Waals surface area contributed by atoms with Crippen molar-refractivity contribution in [3.05, 3.63) is 84.4 Å². The molecule has 8 nitrogen and oxygen atoms in total. The molecule has 2 heterocycles. The number of nitrogens with zero attached hydrogens (tertiary/aromatic N) is 1. The smallest absolute Gasteiger partial charge is 0.414 e. The van der Waals surface area contributed by atoms with E-state index in [-0.39, 0.29) is 18.9 Å². The Morgan fingerprint density at radius 2 is 1.72 bits per heavy atom. The second-order valence-corrected chi connectivity index (χ2v) is 6.94. The molecular weight excluding hydrogens is 412 g/mol. The Balaban J connectivity index is 1.38. The molecule has 0 atom stereocenters. The van der Waals surface area contributed by atoms with E-state index in [4.69, 9.17) is 18.7 Å². The summed E-state index contributed by atoms with van der Waals surface area (Å²) in [6.07, 6.45) is 1.05. The number of rotatable bonds is 8. The third-order valence-corrected chi connectivity index (χ3v) is 4.68. The van der Waals surface area contributed by atoms with Gasteiger partial charge >= 0.3 is 12.1 Å². The topological polar surface area (TPSA) is 115 Å². The van der Waals surface area contributed by atoms with Crippen LogP contribution in [-0.4, -0.2) is 28.8 Å². The number of hydrogen-bond donors (Lipinski definition) is 2. The van der Waals surface area contributed by atoms with Gasteiger partial charge < -0.3 is 18.7 Å². The monoisotopic (exact) mass is 432 g/mol. The zero-order chi connectivity index (χ0) is 22.3. The molecule has 1 amide bonds. The van der Waals surface area contributed by atoms with Crippen LogP contribution in [0.25, 0.3) is 22.6 Å². The van der Waals surface area contributed by atoms with Crippen molar-refractivity contribution < 1.29 is 28.3 Å². The molecule has 4 aromatic rings. The molecule has 0 radical (unpaired) electrons. The molecule has 32 heavy (non-hydrogen) atoms. The van der Waals surface area contributed by atoms with E-state index in [1.54, 1.807) is 24.3 Å². The zero-order valence-electron chi connectivity index (χ0n) is 17.0. The fourth-order valence-electron chi connectivity index (χ4n) is 3.15. The van der Waals surface area contributed by atoms with Crippen LogP contribution < -0.4 is 5.32 Å². The lowest BCUT2D eigenvalue weighted by Crippen LogP contribution is -2.15. The van der Waals surface area contributed by atoms with Gasteiger partial charge in [0.1, 0.15) is 23.6 Å². The lowest BCUT2D eigenvalue weighted by atomic mass is 10.1. The van der Waals surface area contributed by atoms with Crippen LogP contribution in [0.3, 0.4) is 0 Å². The number of furan rings is 1. The molecule has 0 spiro atoms. The van der Waals surface area contributed by atoms with E-state index in [0.717, 1.165) is 16.7 Å². The molecule has 2 aromatic carbocycles. The van der Waals surface area contributed by atoms with E-state index >= 15 is 0 Å². The van der Waals surface area contributed by atoms with Gasteiger partial charge in [0.05, 0.1) is 6.61 Å². The minimum atomic E-state index is -0.953. The van der Waals surface area contributed by atoms with Crippen molar-refractivity contribution in [2.45, 2.75) is 12.8 Å². The number of oxazole rings is 1. The van der Waals surface area contributed by atoms with Crippen LogP contribution in [0.4, 0.5) is 10.7 Å². The van der Waals surface area contributed by atoms with Crippen LogP contribution >= 0.6 is 0 Å². The number of carboxylic acid groups (broad SMARTS) is 1. The number of amides is 1. The third kappa shape index (κ3) is 5.23. The average Bonchev–Trinajstić information content (AvgIpc) is 3.44. The highest BCUT2D eigenvalue weighted by molar-refractivity contribution is 5.87. The molecule has 0 unspecified atom stereocenters. The van der Waals surface area contributed by atoms with Gasteiger partial charge in [-0.2, -0.15) is 0 Å². The van der Waals surface area contributed by atoms with E-state index in [1.807, 2.05) is 42.5 Å². The second kappa shape index (κ2) is 9.65. The van der Waals surface area contributed by atoms with E-state index in [9.17, 15) is 9.59 Å². The molecule has 0 aliphatic carbocycles. The van der Waals surface area contributed by atoms with Gasteiger partial charge in [-0.25, -0.2) is 9.78 Å². The van der Waals surface area contributed by atoms with Gasteiger partial charge in [0, 0.05) is 17.5 Å². The molecule has 0 bridgehead atoms. The van der Waals surface area contributed by atoms with Crippen LogP contribution in [0.5, 0.6) is 0 Å². The summed E-state index contributed by atoms with van der Waals surface area (Å²) in [7, 11) is 0. The molecule has 0 saturated heterocycles. The van der Waals surface area contributed by atoms with Crippen molar-refractivity contribution in [3.63, 3.8) is 0 Å². The first-order valence-electron chi connectivity index (χ1n) is 9.91. The number of carboxylic acids is 1. The largest absolute Gasteiger partial charge is 0.481 e. The van der Waals surface area contributed by atoms with Crippen LogP contribution in [0.15, 0.2) is 82.0 Å². The van der Waals surface area contributed by atoms with Gasteiger partial charge in [-0.3, -0.25) is 10.1 Å². The van der Waals surface area contributed by atoms with Gasteiger partial charge in [0.25, 0.3) is 0 Å². The van der Waals surface area contributed by atoms with Gasteiger partial charge in [-0.15, -0.1) is 0 Å². The standard InChI is InChI=1S/C24H20N2O6/c27-21(28)14-19-10-11-20(32-19)17-6-8-18(9-7-17)22-23(31-15-25-22)26-24(29)30-13-12-16-4-2-1-3-5-16/h1-11,15H,12-14H2,(H,26,29)(H,27,28). The predicted octanol–water partition coefficient (Wildman–Crippen LogP) is 5.02. The van der Waals surface area contributed by atoms with Gasteiger partial charge in [0.15, 0.2) is 6.39 Å². The summed E-state index contributed by atoms with van der Waals surface area (Å²) >= 11 is 0. The van der Waals surface area contributed by atoms with E-state index < -0.39 is 12.1 Å². The van der Waals surface area contributed by atoms with Crippen molar-refractivity contribution in [2.24, 2.45) is 0 Å². The van der Waals surface area contributed by atoms with Crippen molar-refractivity contribution in [3.8, 4) is 22.6 Å². The van der Waals surface area contributed by atoms with E-state index in [0.29, 0.717) is 23.6 Å². The first-order chi connectivity index (χ1) is 15.6. The predicted molar refractivity (Wildman–Crippen MR) is 116 cm³/mol. The van der Waals surface area contributed by atoms with E-state index in [2.05, 4.69) is 10.3 Å². The summed E-state index contributed by atoms with van der Waals surface area (Å²) in [6.45, 7) is 0.237. The minimum absolute atomic E-state index is 0.173. The van der Waals surface area contributed by atoms with Crippen molar-refractivity contribution in [1.82, 2.24) is 4.98 Å². The maximum Gasteiger partial charge on any atom is 0.414 e. The maximum atomic E-state index is 12.1. The Bertz CT molecular complexity index is 1190. The van der Waals surface area contributed by atoms with Gasteiger partial charge in [-0.1, -0.05) is 54.6 Å². The lowest BCUT2D eigenvalue weighted by molar-refractivity contribution is -0.136. The SMILES string of the molecule is O=C(O)Cc1ccc(-c2ccc(-c3ncoc3NC(=O)OCCc3ccccc3)cc2)o1. The number of carbonyl (C=O) groups excluding carboxylic acids is 1. The average molecular weight is 432 g/mol. The molecule has 0 aliphatic rings. The number of hydrogen-bond acceptors (Lipinski definition) is 6. The van der Waals surface area contributed by atoms with Crippen molar-refractivity contribution in [1.29, 1.82) is 0 Å². The normalized spacial score (nSPS) is 10.6. The Morgan fingerprint density at radius 3 is 2.47 bits per heavy atom. The van der Waals surface area contributed by atoms with Crippen LogP contribution in [-0.2, 0) is 22.4 Å². The van der Waals surface area contributed by atoms with Gasteiger partial charge in [-0.05, 0) is 17.7 Å². The highest BCUT2D eigenvalue weighted by Crippen LogP contribution is 2.30. The van der Waals surface area contributed by atoms with Crippen LogP contribution in [0, 0.1) is 0 Å². The summed E-state index contributed by atoms with van der Waals surface area (Å²) in [5.41, 5.74) is 3.04. The number of carbonyl (C=O) groups is 2. The minimum Gasteiger partial charge on any atom is -0.481 e. The molecular formula is C24H20N2O6. The quantitative estimate of drug-likeness (QED) is 0.402. The molecule has 8 heteroatoms. The molecule has 4 rings (SSSR count). The molecule has 0 saturated carbocycles. The summed E-state index contributed by atoms with van der Waals surface area (Å²) in [5, 5.41) is 11.4. The molecule has 162 valence electrons. The third-order valence-electron chi connectivity index (χ3n) is 4.68. The van der Waals surface area contributed by atoms with Crippen molar-refractivity contribution in [2.75, 3.05) is 11.9 Å². The Labute approximate surface area is 183 Å². The van der Waals surface area contributed by atoms with Crippen molar-refractivity contribution >= 4 is 17.9 Å². The maximum absolute atomic E-state index is 12.1. The molecule has 2 N–H and O–H groups in total. The molecule has 0 aliphatic heterocycles.